The minimum absolute atomic E-state index is 0.238. The van der Waals surface area contributed by atoms with Crippen LogP contribution >= 0.6 is 24.4 Å². The van der Waals surface area contributed by atoms with Crippen molar-refractivity contribution in [1.82, 2.24) is 10.6 Å². The number of thioether (sulfide) groups is 1. The van der Waals surface area contributed by atoms with Crippen molar-refractivity contribution < 1.29 is 14.3 Å². The fraction of sp³-hybridized carbons (Fsp3) is 0.481. The number of amides is 1. The third-order valence-corrected chi connectivity index (χ3v) is 6.93. The standard InChI is InChI=1S/C27H37N3O3S2/c1-18(2)33-27(32)25(11-12-35-3)30-26(31)24-15-21(28-16-22-14-23(34)17-29-22)10-9-20(24)13-19-7-5-4-6-8-19/h4-10,15,18,22-23,25,28-29,34H,11-14,16-17H2,1-3H3,(H,30,31)/t22-,23?,25?/m0/s1. The molecule has 0 spiro atoms. The molecular weight excluding hydrogens is 478 g/mol. The fourth-order valence-corrected chi connectivity index (χ4v) is 4.93. The Bertz CT molecular complexity index is 971. The van der Waals surface area contributed by atoms with Crippen LogP contribution in [0.25, 0.3) is 0 Å². The van der Waals surface area contributed by atoms with E-state index < -0.39 is 12.0 Å². The second-order valence-electron chi connectivity index (χ2n) is 9.20. The average Bonchev–Trinajstić information content (AvgIpc) is 3.26. The number of nitrogens with one attached hydrogen (secondary N) is 3. The monoisotopic (exact) mass is 515 g/mol. The molecule has 2 aromatic carbocycles. The first-order valence-corrected chi connectivity index (χ1v) is 14.1. The molecule has 1 amide bonds. The van der Waals surface area contributed by atoms with Crippen molar-refractivity contribution in [2.24, 2.45) is 0 Å². The lowest BCUT2D eigenvalue weighted by Crippen LogP contribution is -2.43. The Hall–Kier alpha value is -2.16. The smallest absolute Gasteiger partial charge is 0.328 e. The van der Waals surface area contributed by atoms with Crippen LogP contribution in [0.3, 0.4) is 0 Å². The zero-order valence-electron chi connectivity index (χ0n) is 20.8. The summed E-state index contributed by atoms with van der Waals surface area (Å²) >= 11 is 6.18. The second kappa shape index (κ2) is 13.8. The molecule has 0 aromatic heterocycles. The Balaban J connectivity index is 1.81. The highest BCUT2D eigenvalue weighted by Gasteiger charge is 2.25. The lowest BCUT2D eigenvalue weighted by molar-refractivity contribution is -0.149. The van der Waals surface area contributed by atoms with Crippen LogP contribution in [0.2, 0.25) is 0 Å². The quantitative estimate of drug-likeness (QED) is 0.251. The zero-order valence-corrected chi connectivity index (χ0v) is 22.5. The fourth-order valence-electron chi connectivity index (χ4n) is 4.10. The van der Waals surface area contributed by atoms with Crippen LogP contribution in [0.5, 0.6) is 0 Å². The summed E-state index contributed by atoms with van der Waals surface area (Å²) in [5, 5.41) is 10.2. The molecule has 2 unspecified atom stereocenters. The lowest BCUT2D eigenvalue weighted by Gasteiger charge is -2.20. The summed E-state index contributed by atoms with van der Waals surface area (Å²) in [6.45, 7) is 5.29. The van der Waals surface area contributed by atoms with Crippen molar-refractivity contribution in [2.75, 3.05) is 30.4 Å². The van der Waals surface area contributed by atoms with Gasteiger partial charge in [0.15, 0.2) is 0 Å². The summed E-state index contributed by atoms with van der Waals surface area (Å²) in [6.07, 6.45) is 3.89. The number of hydrogen-bond donors (Lipinski definition) is 4. The van der Waals surface area contributed by atoms with Crippen LogP contribution in [0, 0.1) is 0 Å². The van der Waals surface area contributed by atoms with Gasteiger partial charge in [-0.15, -0.1) is 0 Å². The minimum atomic E-state index is -0.687. The second-order valence-corrected chi connectivity index (χ2v) is 10.9. The highest BCUT2D eigenvalue weighted by atomic mass is 32.2. The molecule has 1 aliphatic rings. The van der Waals surface area contributed by atoms with E-state index in [0.29, 0.717) is 29.7 Å². The van der Waals surface area contributed by atoms with Gasteiger partial charge in [-0.05, 0) is 68.4 Å². The van der Waals surface area contributed by atoms with E-state index in [4.69, 9.17) is 4.74 Å². The van der Waals surface area contributed by atoms with Gasteiger partial charge in [0, 0.05) is 35.6 Å². The normalized spacial score (nSPS) is 18.3. The van der Waals surface area contributed by atoms with Crippen LogP contribution in [0.15, 0.2) is 48.5 Å². The van der Waals surface area contributed by atoms with E-state index in [1.165, 1.54) is 0 Å². The van der Waals surface area contributed by atoms with Crippen molar-refractivity contribution in [3.05, 3.63) is 65.2 Å². The molecule has 1 saturated heterocycles. The average molecular weight is 516 g/mol. The van der Waals surface area contributed by atoms with Gasteiger partial charge in [-0.2, -0.15) is 24.4 Å². The molecular formula is C27H37N3O3S2. The van der Waals surface area contributed by atoms with Crippen LogP contribution in [-0.4, -0.2) is 60.4 Å². The van der Waals surface area contributed by atoms with Gasteiger partial charge in [-0.1, -0.05) is 36.4 Å². The summed E-state index contributed by atoms with van der Waals surface area (Å²) in [5.41, 5.74) is 3.48. The molecule has 1 aliphatic heterocycles. The Morgan fingerprint density at radius 2 is 1.97 bits per heavy atom. The van der Waals surface area contributed by atoms with E-state index in [9.17, 15) is 9.59 Å². The molecule has 35 heavy (non-hydrogen) atoms. The summed E-state index contributed by atoms with van der Waals surface area (Å²) in [5.74, 6) is 0.0904. The SMILES string of the molecule is CSCCC(NC(=O)c1cc(NC[C@@H]2CC(S)CN2)ccc1Cc1ccccc1)C(=O)OC(C)C. The van der Waals surface area contributed by atoms with E-state index in [1.54, 1.807) is 11.8 Å². The number of esters is 1. The van der Waals surface area contributed by atoms with E-state index in [-0.39, 0.29) is 12.0 Å². The van der Waals surface area contributed by atoms with Gasteiger partial charge < -0.3 is 20.7 Å². The van der Waals surface area contributed by atoms with Crippen molar-refractivity contribution in [3.8, 4) is 0 Å². The van der Waals surface area contributed by atoms with E-state index >= 15 is 0 Å². The van der Waals surface area contributed by atoms with Gasteiger partial charge in [0.05, 0.1) is 6.10 Å². The predicted octanol–water partition coefficient (Wildman–Crippen LogP) is 4.15. The predicted molar refractivity (Wildman–Crippen MR) is 149 cm³/mol. The van der Waals surface area contributed by atoms with Crippen LogP contribution in [0.1, 0.15) is 48.2 Å². The molecule has 3 atom stereocenters. The molecule has 6 nitrogen and oxygen atoms in total. The number of carbonyl (C=O) groups is 2. The van der Waals surface area contributed by atoms with E-state index in [1.807, 2.05) is 56.5 Å². The zero-order chi connectivity index (χ0) is 25.2. The third kappa shape index (κ3) is 8.78. The number of hydrogen-bond acceptors (Lipinski definition) is 7. The molecule has 3 rings (SSSR count). The molecule has 1 fully saturated rings. The number of thiol groups is 1. The molecule has 190 valence electrons. The van der Waals surface area contributed by atoms with Crippen molar-refractivity contribution in [3.63, 3.8) is 0 Å². The van der Waals surface area contributed by atoms with Crippen molar-refractivity contribution in [2.45, 2.75) is 56.5 Å². The number of anilines is 1. The topological polar surface area (TPSA) is 79.5 Å². The molecule has 0 aliphatic carbocycles. The number of carbonyl (C=O) groups excluding carboxylic acids is 2. The molecule has 0 bridgehead atoms. The van der Waals surface area contributed by atoms with Crippen LogP contribution in [-0.2, 0) is 16.0 Å². The van der Waals surface area contributed by atoms with Gasteiger partial charge in [0.2, 0.25) is 0 Å². The highest BCUT2D eigenvalue weighted by Crippen LogP contribution is 2.21. The maximum absolute atomic E-state index is 13.5. The molecule has 0 radical (unpaired) electrons. The van der Waals surface area contributed by atoms with E-state index in [0.717, 1.165) is 42.1 Å². The maximum Gasteiger partial charge on any atom is 0.328 e. The Labute approximate surface area is 218 Å². The van der Waals surface area contributed by atoms with Gasteiger partial charge in [0.1, 0.15) is 6.04 Å². The summed E-state index contributed by atoms with van der Waals surface area (Å²) < 4.78 is 5.41. The summed E-state index contributed by atoms with van der Waals surface area (Å²) in [6, 6.07) is 15.6. The summed E-state index contributed by atoms with van der Waals surface area (Å²) in [4.78, 5) is 26.2. The molecule has 0 saturated carbocycles. The van der Waals surface area contributed by atoms with Crippen LogP contribution in [0.4, 0.5) is 5.69 Å². The molecule has 8 heteroatoms. The Morgan fingerprint density at radius 3 is 2.63 bits per heavy atom. The highest BCUT2D eigenvalue weighted by molar-refractivity contribution is 7.98. The number of rotatable bonds is 12. The van der Waals surface area contributed by atoms with Crippen LogP contribution < -0.4 is 16.0 Å². The van der Waals surface area contributed by atoms with Crippen molar-refractivity contribution >= 4 is 42.0 Å². The first-order valence-electron chi connectivity index (χ1n) is 12.2. The van der Waals surface area contributed by atoms with Gasteiger partial charge in [-0.3, -0.25) is 4.79 Å². The Morgan fingerprint density at radius 1 is 1.20 bits per heavy atom. The van der Waals surface area contributed by atoms with Gasteiger partial charge in [0.25, 0.3) is 5.91 Å². The van der Waals surface area contributed by atoms with Gasteiger partial charge in [-0.25, -0.2) is 4.79 Å². The minimum Gasteiger partial charge on any atom is -0.461 e. The largest absolute Gasteiger partial charge is 0.461 e. The lowest BCUT2D eigenvalue weighted by atomic mass is 9.98. The third-order valence-electron chi connectivity index (χ3n) is 5.90. The van der Waals surface area contributed by atoms with E-state index in [2.05, 4.69) is 40.7 Å². The first-order chi connectivity index (χ1) is 16.9. The van der Waals surface area contributed by atoms with Gasteiger partial charge >= 0.3 is 5.97 Å². The number of ether oxygens (including phenoxy) is 1. The molecule has 1 heterocycles. The van der Waals surface area contributed by atoms with Crippen molar-refractivity contribution in [1.29, 1.82) is 0 Å². The molecule has 3 N–H and O–H groups in total. The summed E-state index contributed by atoms with van der Waals surface area (Å²) in [7, 11) is 0. The number of benzene rings is 2. The molecule has 2 aromatic rings. The Kier molecular flexibility index (Phi) is 10.8. The maximum atomic E-state index is 13.5. The first kappa shape index (κ1) is 27.4.